The summed E-state index contributed by atoms with van der Waals surface area (Å²) in [5, 5.41) is 15.2. The zero-order valence-corrected chi connectivity index (χ0v) is 23.9. The fourth-order valence-electron chi connectivity index (χ4n) is 2.71. The minimum atomic E-state index is -0.393. The molecule has 0 spiro atoms. The Morgan fingerprint density at radius 1 is 0.514 bits per heavy atom. The molecule has 0 saturated carbocycles. The van der Waals surface area contributed by atoms with Crippen LogP contribution in [-0.4, -0.2) is 37.5 Å². The van der Waals surface area contributed by atoms with Crippen LogP contribution in [0.15, 0.2) is 85.5 Å². The maximum absolute atomic E-state index is 6.25. The van der Waals surface area contributed by atoms with E-state index in [4.69, 9.17) is 23.7 Å². The van der Waals surface area contributed by atoms with Gasteiger partial charge in [-0.15, -0.1) is 0 Å². The van der Waals surface area contributed by atoms with E-state index in [1.165, 1.54) is 10.4 Å². The Hall–Kier alpha value is -3.36. The van der Waals surface area contributed by atoms with Crippen molar-refractivity contribution in [1.29, 1.82) is 10.5 Å². The van der Waals surface area contributed by atoms with Gasteiger partial charge in [0.2, 0.25) is 0 Å². The molecule has 4 rings (SSSR count). The summed E-state index contributed by atoms with van der Waals surface area (Å²) in [6.45, 7) is 18.6. The van der Waals surface area contributed by atoms with Crippen molar-refractivity contribution in [2.24, 2.45) is 0 Å². The van der Waals surface area contributed by atoms with Crippen LogP contribution in [0.5, 0.6) is 0 Å². The summed E-state index contributed by atoms with van der Waals surface area (Å²) in [7, 11) is -0.786. The second-order valence-electron chi connectivity index (χ2n) is 7.29. The third-order valence-corrected chi connectivity index (χ3v) is 7.44. The molecule has 176 valence electrons. The standard InChI is InChI=1S/2C12H13N2Si.2CN.Ru/c2*1-15(2)10-6-7-12(14-9-10)11-5-3-4-8-13-11;2*1-2;/h2*3-9H,1-2H3;;;/q;;2*-1;+2. The first-order chi connectivity index (χ1) is 16.5. The maximum Gasteiger partial charge on any atom is 2.00 e. The van der Waals surface area contributed by atoms with Crippen molar-refractivity contribution in [3.05, 3.63) is 98.6 Å². The molecule has 0 N–H and O–H groups in total. The van der Waals surface area contributed by atoms with Crippen molar-refractivity contribution in [3.8, 4) is 22.8 Å². The van der Waals surface area contributed by atoms with Crippen LogP contribution in [0, 0.1) is 23.7 Å². The van der Waals surface area contributed by atoms with Crippen LogP contribution in [0.4, 0.5) is 0 Å². The van der Waals surface area contributed by atoms with Gasteiger partial charge >= 0.3 is 19.5 Å². The van der Waals surface area contributed by atoms with E-state index in [0.717, 1.165) is 22.8 Å². The molecular weight excluding hydrogens is 554 g/mol. The van der Waals surface area contributed by atoms with Gasteiger partial charge in [-0.2, -0.15) is 0 Å². The number of rotatable bonds is 4. The number of nitrogens with zero attached hydrogens (tertiary/aromatic N) is 6. The van der Waals surface area contributed by atoms with Gasteiger partial charge < -0.3 is 23.7 Å². The van der Waals surface area contributed by atoms with Gasteiger partial charge in [0, 0.05) is 24.8 Å². The van der Waals surface area contributed by atoms with Crippen LogP contribution in [0.25, 0.3) is 22.8 Å². The average molecular weight is 580 g/mol. The van der Waals surface area contributed by atoms with E-state index in [1.807, 2.05) is 48.8 Å². The predicted molar refractivity (Wildman–Crippen MR) is 139 cm³/mol. The molecule has 0 atom stereocenters. The van der Waals surface area contributed by atoms with E-state index in [0.29, 0.717) is 0 Å². The van der Waals surface area contributed by atoms with Gasteiger partial charge in [-0.1, -0.05) is 50.5 Å². The van der Waals surface area contributed by atoms with Crippen molar-refractivity contribution < 1.29 is 19.5 Å². The Labute approximate surface area is 224 Å². The van der Waals surface area contributed by atoms with E-state index in [9.17, 15) is 0 Å². The van der Waals surface area contributed by atoms with Gasteiger partial charge in [-0.3, -0.25) is 19.9 Å². The van der Waals surface area contributed by atoms with E-state index in [1.54, 1.807) is 12.4 Å². The topological polar surface area (TPSA) is 99.1 Å². The van der Waals surface area contributed by atoms with Crippen LogP contribution in [-0.2, 0) is 19.5 Å². The van der Waals surface area contributed by atoms with Crippen molar-refractivity contribution in [1.82, 2.24) is 19.9 Å². The summed E-state index contributed by atoms with van der Waals surface area (Å²) in [5.41, 5.74) is 3.76. The molecule has 0 aliphatic heterocycles. The third kappa shape index (κ3) is 10.6. The zero-order valence-electron chi connectivity index (χ0n) is 20.1. The van der Waals surface area contributed by atoms with Crippen LogP contribution < -0.4 is 10.4 Å². The van der Waals surface area contributed by atoms with Crippen LogP contribution in [0.3, 0.4) is 0 Å². The van der Waals surface area contributed by atoms with Crippen molar-refractivity contribution in [3.63, 3.8) is 0 Å². The zero-order chi connectivity index (χ0) is 25.3. The van der Waals surface area contributed by atoms with Gasteiger partial charge in [0.25, 0.3) is 0 Å². The summed E-state index contributed by atoms with van der Waals surface area (Å²) in [6, 6.07) is 20.2. The smallest absolute Gasteiger partial charge is 0.512 e. The molecule has 0 unspecified atom stereocenters. The fourth-order valence-corrected chi connectivity index (χ4v) is 4.19. The summed E-state index contributed by atoms with van der Waals surface area (Å²) in [5.74, 6) is 0. The van der Waals surface area contributed by atoms with Gasteiger partial charge in [-0.25, -0.2) is 0 Å². The molecule has 0 aliphatic rings. The summed E-state index contributed by atoms with van der Waals surface area (Å²) in [6.07, 6.45) is 7.52. The van der Waals surface area contributed by atoms with E-state index < -0.39 is 17.6 Å². The van der Waals surface area contributed by atoms with Crippen molar-refractivity contribution in [2.45, 2.75) is 26.2 Å². The first-order valence-corrected chi connectivity index (χ1v) is 15.4. The molecule has 4 aromatic rings. The number of hydrogen-bond acceptors (Lipinski definition) is 6. The van der Waals surface area contributed by atoms with E-state index >= 15 is 0 Å². The SMILES string of the molecule is C[Si](C)c1ccc(-c2ccccn2)nc1.C[Si](C)c1ccc(-c2ccccn2)nc1.[C-]#N.[C-]#N.[Ru+2]. The van der Waals surface area contributed by atoms with E-state index in [2.05, 4.69) is 70.4 Å². The fraction of sp³-hybridized carbons (Fsp3) is 0.154. The molecule has 0 fully saturated rings. The van der Waals surface area contributed by atoms with Crippen molar-refractivity contribution >= 4 is 28.0 Å². The minimum absolute atomic E-state index is 0. The second kappa shape index (κ2) is 18.0. The third-order valence-electron chi connectivity index (χ3n) is 4.54. The second-order valence-corrected chi connectivity index (χ2v) is 12.4. The summed E-state index contributed by atoms with van der Waals surface area (Å²) >= 11 is 0. The normalized spacial score (nSPS) is 9.20. The molecule has 0 aliphatic carbocycles. The Balaban J connectivity index is 0.000000565. The van der Waals surface area contributed by atoms with Crippen LogP contribution in [0.2, 0.25) is 26.2 Å². The molecular formula is C26H26N6RuSi2. The quantitative estimate of drug-likeness (QED) is 0.263. The predicted octanol–water partition coefficient (Wildman–Crippen LogP) is 4.40. The van der Waals surface area contributed by atoms with Crippen LogP contribution >= 0.6 is 0 Å². The molecule has 0 aromatic carbocycles. The maximum atomic E-state index is 6.25. The number of hydrogen-bond donors (Lipinski definition) is 0. The van der Waals surface area contributed by atoms with Gasteiger partial charge in [0.05, 0.1) is 40.4 Å². The average Bonchev–Trinajstić information content (AvgIpc) is 2.92. The largest absolute Gasteiger partial charge is 2.00 e. The molecule has 35 heavy (non-hydrogen) atoms. The van der Waals surface area contributed by atoms with Crippen LogP contribution in [0.1, 0.15) is 0 Å². The Bertz CT molecular complexity index is 1030. The molecule has 6 nitrogen and oxygen atoms in total. The molecule has 0 bridgehead atoms. The van der Waals surface area contributed by atoms with Gasteiger partial charge in [-0.05, 0) is 46.8 Å². The molecule has 9 heteroatoms. The Morgan fingerprint density at radius 3 is 1.09 bits per heavy atom. The first kappa shape index (κ1) is 31.6. The summed E-state index contributed by atoms with van der Waals surface area (Å²) < 4.78 is 0. The van der Waals surface area contributed by atoms with Gasteiger partial charge in [0.1, 0.15) is 0 Å². The number of aromatic nitrogens is 4. The summed E-state index contributed by atoms with van der Waals surface area (Å²) in [4.78, 5) is 17.4. The monoisotopic (exact) mass is 580 g/mol. The molecule has 0 amide bonds. The molecule has 4 aromatic heterocycles. The molecule has 2 radical (unpaired) electrons. The minimum Gasteiger partial charge on any atom is -0.512 e. The molecule has 4 heterocycles. The Morgan fingerprint density at radius 2 is 0.857 bits per heavy atom. The van der Waals surface area contributed by atoms with Crippen molar-refractivity contribution in [2.75, 3.05) is 0 Å². The van der Waals surface area contributed by atoms with Gasteiger partial charge in [0.15, 0.2) is 0 Å². The first-order valence-electron chi connectivity index (χ1n) is 10.4. The Kier molecular flexibility index (Phi) is 16.3. The molecule has 0 saturated heterocycles. The number of pyridine rings is 4. The van der Waals surface area contributed by atoms with E-state index in [-0.39, 0.29) is 19.5 Å².